The smallest absolute Gasteiger partial charge is 0.230 e. The van der Waals surface area contributed by atoms with Gasteiger partial charge in [-0.1, -0.05) is 52.9 Å². The van der Waals surface area contributed by atoms with Gasteiger partial charge in [0.25, 0.3) is 0 Å². The number of hydrogen-bond donors (Lipinski definition) is 2. The summed E-state index contributed by atoms with van der Waals surface area (Å²) in [4.78, 5) is 12.0. The number of nitrogens with zero attached hydrogens (tertiary/aromatic N) is 2. The van der Waals surface area contributed by atoms with Crippen LogP contribution in [0.15, 0.2) is 28.6 Å². The Morgan fingerprint density at radius 3 is 2.96 bits per heavy atom. The van der Waals surface area contributed by atoms with Gasteiger partial charge in [-0.15, -0.1) is 10.2 Å². The third kappa shape index (κ3) is 5.98. The molecule has 134 valence electrons. The number of anilines is 1. The van der Waals surface area contributed by atoms with Crippen LogP contribution in [-0.4, -0.2) is 41.1 Å². The Morgan fingerprint density at radius 2 is 2.20 bits per heavy atom. The zero-order chi connectivity index (χ0) is 17.5. The van der Waals surface area contributed by atoms with E-state index in [-0.39, 0.29) is 12.0 Å². The van der Waals surface area contributed by atoms with Crippen molar-refractivity contribution >= 4 is 34.1 Å². The SMILES string of the molecule is Cc1ccc(CNC(=O)CSc2nnc(NC[C@H]3CCCO3)s2)cc1. The second-order valence-electron chi connectivity index (χ2n) is 5.94. The lowest BCUT2D eigenvalue weighted by Crippen LogP contribution is -2.24. The minimum absolute atomic E-state index is 0.00496. The quantitative estimate of drug-likeness (QED) is 0.688. The monoisotopic (exact) mass is 378 g/mol. The number of aryl methyl sites for hydroxylation is 1. The van der Waals surface area contributed by atoms with E-state index in [1.807, 2.05) is 31.2 Å². The van der Waals surface area contributed by atoms with Crippen molar-refractivity contribution in [3.8, 4) is 0 Å². The van der Waals surface area contributed by atoms with E-state index < -0.39 is 0 Å². The summed E-state index contributed by atoms with van der Waals surface area (Å²) in [5, 5.41) is 15.2. The van der Waals surface area contributed by atoms with Crippen molar-refractivity contribution in [2.45, 2.75) is 36.8 Å². The van der Waals surface area contributed by atoms with Gasteiger partial charge < -0.3 is 15.4 Å². The Balaban J connectivity index is 1.36. The maximum absolute atomic E-state index is 12.0. The Bertz CT molecular complexity index is 684. The van der Waals surface area contributed by atoms with E-state index in [0.717, 1.165) is 41.0 Å². The molecule has 2 heterocycles. The molecular weight excluding hydrogens is 356 g/mol. The van der Waals surface area contributed by atoms with Crippen LogP contribution in [0.1, 0.15) is 24.0 Å². The van der Waals surface area contributed by atoms with Crippen LogP contribution in [0.3, 0.4) is 0 Å². The van der Waals surface area contributed by atoms with Crippen molar-refractivity contribution in [3.63, 3.8) is 0 Å². The summed E-state index contributed by atoms with van der Waals surface area (Å²) in [7, 11) is 0. The average molecular weight is 379 g/mol. The summed E-state index contributed by atoms with van der Waals surface area (Å²) in [5.41, 5.74) is 2.31. The van der Waals surface area contributed by atoms with E-state index in [2.05, 4.69) is 20.8 Å². The predicted octanol–water partition coefficient (Wildman–Crippen LogP) is 2.85. The molecule has 25 heavy (non-hydrogen) atoms. The third-order valence-electron chi connectivity index (χ3n) is 3.85. The molecule has 0 spiro atoms. The molecule has 1 aliphatic rings. The molecule has 0 bridgehead atoms. The second kappa shape index (κ2) is 9.17. The number of benzene rings is 1. The van der Waals surface area contributed by atoms with Gasteiger partial charge >= 0.3 is 0 Å². The van der Waals surface area contributed by atoms with Crippen molar-refractivity contribution < 1.29 is 9.53 Å². The molecule has 8 heteroatoms. The van der Waals surface area contributed by atoms with E-state index in [1.54, 1.807) is 0 Å². The van der Waals surface area contributed by atoms with Crippen LogP contribution >= 0.6 is 23.1 Å². The van der Waals surface area contributed by atoms with Crippen molar-refractivity contribution in [2.75, 3.05) is 24.2 Å². The van der Waals surface area contributed by atoms with Gasteiger partial charge in [-0.05, 0) is 25.3 Å². The van der Waals surface area contributed by atoms with Gasteiger partial charge in [-0.3, -0.25) is 4.79 Å². The fourth-order valence-corrected chi connectivity index (χ4v) is 4.02. The lowest BCUT2D eigenvalue weighted by Gasteiger charge is -2.08. The van der Waals surface area contributed by atoms with Crippen molar-refractivity contribution in [1.29, 1.82) is 0 Å². The fraction of sp³-hybridized carbons (Fsp3) is 0.471. The first kappa shape index (κ1) is 18.2. The molecule has 0 aliphatic carbocycles. The molecule has 0 radical (unpaired) electrons. The third-order valence-corrected chi connectivity index (χ3v) is 5.86. The largest absolute Gasteiger partial charge is 0.376 e. The number of hydrogen-bond acceptors (Lipinski definition) is 7. The lowest BCUT2D eigenvalue weighted by molar-refractivity contribution is -0.118. The fourth-order valence-electron chi connectivity index (χ4n) is 2.43. The molecule has 1 aliphatic heterocycles. The molecule has 1 aromatic heterocycles. The molecule has 1 aromatic carbocycles. The van der Waals surface area contributed by atoms with Gasteiger partial charge in [0.2, 0.25) is 11.0 Å². The molecule has 6 nitrogen and oxygen atoms in total. The van der Waals surface area contributed by atoms with Gasteiger partial charge in [0, 0.05) is 19.7 Å². The average Bonchev–Trinajstić information content (AvgIpc) is 3.29. The highest BCUT2D eigenvalue weighted by atomic mass is 32.2. The topological polar surface area (TPSA) is 76.1 Å². The molecule has 0 saturated carbocycles. The van der Waals surface area contributed by atoms with Gasteiger partial charge in [-0.2, -0.15) is 0 Å². The number of thioether (sulfide) groups is 1. The van der Waals surface area contributed by atoms with E-state index in [0.29, 0.717) is 12.3 Å². The Morgan fingerprint density at radius 1 is 1.36 bits per heavy atom. The number of nitrogens with one attached hydrogen (secondary N) is 2. The number of amides is 1. The second-order valence-corrected chi connectivity index (χ2v) is 8.14. The van der Waals surface area contributed by atoms with Crippen molar-refractivity contribution in [3.05, 3.63) is 35.4 Å². The molecule has 1 fully saturated rings. The first-order valence-corrected chi connectivity index (χ1v) is 10.1. The highest BCUT2D eigenvalue weighted by Crippen LogP contribution is 2.25. The van der Waals surface area contributed by atoms with Crippen LogP contribution in [0, 0.1) is 6.92 Å². The number of aromatic nitrogens is 2. The van der Waals surface area contributed by atoms with Crippen LogP contribution in [-0.2, 0) is 16.1 Å². The summed E-state index contributed by atoms with van der Waals surface area (Å²) in [6.07, 6.45) is 2.49. The minimum atomic E-state index is -0.00496. The maximum Gasteiger partial charge on any atom is 0.230 e. The molecule has 1 atom stereocenters. The van der Waals surface area contributed by atoms with E-state index in [9.17, 15) is 4.79 Å². The normalized spacial score (nSPS) is 16.8. The van der Waals surface area contributed by atoms with Crippen LogP contribution in [0.25, 0.3) is 0 Å². The Kier molecular flexibility index (Phi) is 6.66. The summed E-state index contributed by atoms with van der Waals surface area (Å²) < 4.78 is 6.36. The Hall–Kier alpha value is -1.64. The summed E-state index contributed by atoms with van der Waals surface area (Å²) in [6, 6.07) is 8.14. The molecule has 0 unspecified atom stereocenters. The van der Waals surface area contributed by atoms with Crippen LogP contribution < -0.4 is 10.6 Å². The van der Waals surface area contributed by atoms with Crippen LogP contribution in [0.2, 0.25) is 0 Å². The van der Waals surface area contributed by atoms with Crippen LogP contribution in [0.4, 0.5) is 5.13 Å². The number of carbonyl (C=O) groups is 1. The zero-order valence-electron chi connectivity index (χ0n) is 14.2. The molecule has 2 aromatic rings. The summed E-state index contributed by atoms with van der Waals surface area (Å²) >= 11 is 2.88. The Labute approximate surface area is 155 Å². The van der Waals surface area contributed by atoms with Gasteiger partial charge in [0.1, 0.15) is 0 Å². The molecule has 3 rings (SSSR count). The molecular formula is C17H22N4O2S2. The van der Waals surface area contributed by atoms with Crippen molar-refractivity contribution in [1.82, 2.24) is 15.5 Å². The zero-order valence-corrected chi connectivity index (χ0v) is 15.8. The first-order chi connectivity index (χ1) is 12.2. The molecule has 1 amide bonds. The van der Waals surface area contributed by atoms with Gasteiger partial charge in [0.05, 0.1) is 11.9 Å². The predicted molar refractivity (Wildman–Crippen MR) is 101 cm³/mol. The summed E-state index contributed by atoms with van der Waals surface area (Å²) in [5.74, 6) is 0.335. The number of rotatable bonds is 8. The van der Waals surface area contributed by atoms with E-state index >= 15 is 0 Å². The highest BCUT2D eigenvalue weighted by molar-refractivity contribution is 8.01. The molecule has 2 N–H and O–H groups in total. The van der Waals surface area contributed by atoms with Gasteiger partial charge in [0.15, 0.2) is 4.34 Å². The lowest BCUT2D eigenvalue weighted by atomic mass is 10.1. The highest BCUT2D eigenvalue weighted by Gasteiger charge is 2.16. The maximum atomic E-state index is 12.0. The minimum Gasteiger partial charge on any atom is -0.376 e. The standard InChI is InChI=1S/C17H22N4O2S2/c1-12-4-6-13(7-5-12)9-18-15(22)11-24-17-21-20-16(25-17)19-10-14-3-2-8-23-14/h4-7,14H,2-3,8-11H2,1H3,(H,18,22)(H,19,20)/t14-/m1/s1. The summed E-state index contributed by atoms with van der Waals surface area (Å²) in [6.45, 7) is 4.20. The van der Waals surface area contributed by atoms with Gasteiger partial charge in [-0.25, -0.2) is 0 Å². The number of ether oxygens (including phenoxy) is 1. The number of carbonyl (C=O) groups excluding carboxylic acids is 1. The van der Waals surface area contributed by atoms with Crippen molar-refractivity contribution in [2.24, 2.45) is 0 Å². The first-order valence-electron chi connectivity index (χ1n) is 8.33. The van der Waals surface area contributed by atoms with E-state index in [1.165, 1.54) is 28.7 Å². The van der Waals surface area contributed by atoms with Crippen LogP contribution in [0.5, 0.6) is 0 Å². The van der Waals surface area contributed by atoms with E-state index in [4.69, 9.17) is 4.74 Å². The molecule has 1 saturated heterocycles.